The number of oxazole rings is 1. The third-order valence-electron chi connectivity index (χ3n) is 4.38. The van der Waals surface area contributed by atoms with Gasteiger partial charge in [-0.2, -0.15) is 0 Å². The van der Waals surface area contributed by atoms with Gasteiger partial charge < -0.3 is 29.0 Å². The van der Waals surface area contributed by atoms with Gasteiger partial charge in [0.25, 0.3) is 0 Å². The van der Waals surface area contributed by atoms with Crippen LogP contribution in [0.4, 0.5) is 0 Å². The Kier molecular flexibility index (Phi) is 11.7. The number of hydrogen-bond acceptors (Lipinski definition) is 7. The predicted molar refractivity (Wildman–Crippen MR) is 96.9 cm³/mol. The first-order valence-electron chi connectivity index (χ1n) is 9.06. The standard InChI is InChI=1S/C21H21NO6.2Na/c23-20(24)15(21(25)26)9-2-1-7-13-27-17-11-5-3-8-14(17)19-22-16-10-4-6-12-18(16)28-19;;/h3-6,8,10-12,15H,1-2,7,9,13H2,(H,23,24)(H,25,26);;/q;2*+1/p-2. The summed E-state index contributed by atoms with van der Waals surface area (Å²) in [6.07, 6.45) is 1.70. The van der Waals surface area contributed by atoms with E-state index in [9.17, 15) is 19.8 Å². The Morgan fingerprint density at radius 2 is 1.60 bits per heavy atom. The fraction of sp³-hybridized carbons (Fsp3) is 0.286. The summed E-state index contributed by atoms with van der Waals surface area (Å²) < 4.78 is 11.6. The number of carbonyl (C=O) groups is 2. The molecule has 0 radical (unpaired) electrons. The van der Waals surface area contributed by atoms with Gasteiger partial charge in [-0.1, -0.05) is 37.1 Å². The van der Waals surface area contributed by atoms with Gasteiger partial charge in [0.05, 0.1) is 24.1 Å². The van der Waals surface area contributed by atoms with Crippen LogP contribution < -0.4 is 74.1 Å². The van der Waals surface area contributed by atoms with E-state index in [1.54, 1.807) is 0 Å². The molecule has 0 fully saturated rings. The fourth-order valence-corrected chi connectivity index (χ4v) is 2.90. The molecule has 0 N–H and O–H groups in total. The number of aromatic nitrogens is 1. The predicted octanol–water partition coefficient (Wildman–Crippen LogP) is -4.44. The van der Waals surface area contributed by atoms with Crippen molar-refractivity contribution in [3.8, 4) is 17.2 Å². The van der Waals surface area contributed by atoms with Crippen LogP contribution in [-0.4, -0.2) is 23.5 Å². The summed E-state index contributed by atoms with van der Waals surface area (Å²) in [7, 11) is 0. The zero-order valence-electron chi connectivity index (χ0n) is 17.1. The van der Waals surface area contributed by atoms with Crippen LogP contribution >= 0.6 is 0 Å². The Balaban J connectivity index is 0.00000225. The van der Waals surface area contributed by atoms with E-state index in [-0.39, 0.29) is 65.5 Å². The van der Waals surface area contributed by atoms with Gasteiger partial charge in [0.1, 0.15) is 11.3 Å². The molecule has 9 heteroatoms. The van der Waals surface area contributed by atoms with Crippen LogP contribution in [0.2, 0.25) is 0 Å². The molecule has 30 heavy (non-hydrogen) atoms. The Labute approximate surface area is 218 Å². The number of fused-ring (bicyclic) bond motifs is 1. The minimum absolute atomic E-state index is 0. The summed E-state index contributed by atoms with van der Waals surface area (Å²) in [5.74, 6) is -3.67. The smallest absolute Gasteiger partial charge is 0.549 e. The van der Waals surface area contributed by atoms with E-state index in [2.05, 4.69) is 4.98 Å². The third-order valence-corrected chi connectivity index (χ3v) is 4.38. The molecule has 0 bridgehead atoms. The van der Waals surface area contributed by atoms with Crippen LogP contribution in [0.1, 0.15) is 25.7 Å². The van der Waals surface area contributed by atoms with E-state index < -0.39 is 17.9 Å². The Morgan fingerprint density at radius 1 is 0.933 bits per heavy atom. The molecule has 0 unspecified atom stereocenters. The molecule has 0 aliphatic heterocycles. The van der Waals surface area contributed by atoms with E-state index in [1.807, 2.05) is 48.5 Å². The van der Waals surface area contributed by atoms with Gasteiger partial charge in [-0.3, -0.25) is 0 Å². The molecule has 1 heterocycles. The minimum Gasteiger partial charge on any atom is -0.549 e. The average Bonchev–Trinajstić information content (AvgIpc) is 3.11. The molecule has 0 atom stereocenters. The Morgan fingerprint density at radius 3 is 2.30 bits per heavy atom. The Bertz CT molecular complexity index is 928. The maximum Gasteiger partial charge on any atom is 1.00 e. The van der Waals surface area contributed by atoms with Crippen LogP contribution in [0, 0.1) is 5.92 Å². The second kappa shape index (κ2) is 13.1. The molecular formula is C21H19NNa2O6. The van der Waals surface area contributed by atoms with Crippen molar-refractivity contribution in [2.75, 3.05) is 6.61 Å². The Hall–Kier alpha value is -1.35. The maximum absolute atomic E-state index is 10.7. The largest absolute Gasteiger partial charge is 1.00 e. The number of carboxylic acid groups (broad SMARTS) is 2. The van der Waals surface area contributed by atoms with Crippen molar-refractivity contribution >= 4 is 23.0 Å². The van der Waals surface area contributed by atoms with Crippen LogP contribution in [0.25, 0.3) is 22.6 Å². The number of benzene rings is 2. The van der Waals surface area contributed by atoms with Gasteiger partial charge in [0.15, 0.2) is 5.58 Å². The molecule has 2 aromatic carbocycles. The molecule has 0 amide bonds. The van der Waals surface area contributed by atoms with Gasteiger partial charge in [-0.25, -0.2) is 4.98 Å². The van der Waals surface area contributed by atoms with Crippen LogP contribution in [0.15, 0.2) is 52.9 Å². The quantitative estimate of drug-likeness (QED) is 0.182. The van der Waals surface area contributed by atoms with Crippen molar-refractivity contribution in [3.05, 3.63) is 48.5 Å². The van der Waals surface area contributed by atoms with E-state index in [4.69, 9.17) is 9.15 Å². The number of ether oxygens (including phenoxy) is 1. The number of nitrogens with zero attached hydrogens (tertiary/aromatic N) is 1. The summed E-state index contributed by atoms with van der Waals surface area (Å²) in [5.41, 5.74) is 2.21. The molecule has 146 valence electrons. The van der Waals surface area contributed by atoms with Crippen molar-refractivity contribution in [2.24, 2.45) is 5.92 Å². The molecular weight excluding hydrogens is 408 g/mol. The number of unbranched alkanes of at least 4 members (excludes halogenated alkanes) is 2. The first-order valence-corrected chi connectivity index (χ1v) is 9.06. The molecule has 1 aromatic heterocycles. The summed E-state index contributed by atoms with van der Waals surface area (Å²) in [6.45, 7) is 0.401. The van der Waals surface area contributed by atoms with E-state index in [0.29, 0.717) is 43.1 Å². The molecule has 0 aliphatic carbocycles. The summed E-state index contributed by atoms with van der Waals surface area (Å²) in [6, 6.07) is 14.9. The number of para-hydroxylation sites is 3. The molecule has 0 spiro atoms. The first kappa shape index (κ1) is 26.7. The zero-order valence-corrected chi connectivity index (χ0v) is 21.1. The average molecular weight is 427 g/mol. The van der Waals surface area contributed by atoms with Crippen molar-refractivity contribution in [1.29, 1.82) is 0 Å². The van der Waals surface area contributed by atoms with Gasteiger partial charge >= 0.3 is 59.1 Å². The van der Waals surface area contributed by atoms with Crippen LogP contribution in [0.5, 0.6) is 5.75 Å². The van der Waals surface area contributed by atoms with Crippen molar-refractivity contribution < 1.29 is 88.1 Å². The second-order valence-electron chi connectivity index (χ2n) is 6.37. The monoisotopic (exact) mass is 427 g/mol. The van der Waals surface area contributed by atoms with Gasteiger partial charge in [0.2, 0.25) is 5.89 Å². The number of hydrogen-bond donors (Lipinski definition) is 0. The molecule has 0 aliphatic rings. The van der Waals surface area contributed by atoms with E-state index >= 15 is 0 Å². The number of aliphatic carboxylic acids is 2. The third kappa shape index (κ3) is 7.11. The SMILES string of the molecule is O=C([O-])C(CCCCCOc1ccccc1-c1nc2ccccc2o1)C(=O)[O-].[Na+].[Na+]. The number of rotatable bonds is 10. The normalized spacial score (nSPS) is 10.3. The van der Waals surface area contributed by atoms with Gasteiger partial charge in [0, 0.05) is 5.92 Å². The molecule has 3 rings (SSSR count). The summed E-state index contributed by atoms with van der Waals surface area (Å²) in [5, 5.41) is 21.4. The zero-order chi connectivity index (χ0) is 19.9. The van der Waals surface area contributed by atoms with Crippen molar-refractivity contribution in [1.82, 2.24) is 4.98 Å². The number of carboxylic acids is 2. The number of carbonyl (C=O) groups excluding carboxylic acids is 2. The van der Waals surface area contributed by atoms with Gasteiger partial charge in [-0.15, -0.1) is 0 Å². The molecule has 0 saturated heterocycles. The maximum atomic E-state index is 10.7. The summed E-state index contributed by atoms with van der Waals surface area (Å²) in [4.78, 5) is 25.9. The van der Waals surface area contributed by atoms with Crippen LogP contribution in [-0.2, 0) is 9.59 Å². The van der Waals surface area contributed by atoms with E-state index in [1.165, 1.54) is 0 Å². The van der Waals surface area contributed by atoms with E-state index in [0.717, 1.165) is 11.1 Å². The summed E-state index contributed by atoms with van der Waals surface area (Å²) >= 11 is 0. The fourth-order valence-electron chi connectivity index (χ4n) is 2.90. The molecule has 3 aromatic rings. The van der Waals surface area contributed by atoms with Crippen LogP contribution in [0.3, 0.4) is 0 Å². The topological polar surface area (TPSA) is 116 Å². The van der Waals surface area contributed by atoms with Crippen molar-refractivity contribution in [3.63, 3.8) is 0 Å². The first-order chi connectivity index (χ1) is 13.6. The molecule has 7 nitrogen and oxygen atoms in total. The van der Waals surface area contributed by atoms with Gasteiger partial charge in [-0.05, 0) is 37.1 Å². The minimum atomic E-state index is -1.61. The second-order valence-corrected chi connectivity index (χ2v) is 6.37. The van der Waals surface area contributed by atoms with Crippen molar-refractivity contribution in [2.45, 2.75) is 25.7 Å². The molecule has 0 saturated carbocycles.